The Kier molecular flexibility index (Phi) is 5.72. The molecule has 7 nitrogen and oxygen atoms in total. The molecular weight excluding hydrogens is 328 g/mol. The molecule has 0 spiro atoms. The van der Waals surface area contributed by atoms with E-state index in [1.165, 1.54) is 0 Å². The molecule has 7 heteroatoms. The summed E-state index contributed by atoms with van der Waals surface area (Å²) in [7, 11) is 0. The summed E-state index contributed by atoms with van der Waals surface area (Å²) >= 11 is 0. The van der Waals surface area contributed by atoms with Gasteiger partial charge in [-0.15, -0.1) is 10.2 Å². The molecule has 3 N–H and O–H groups in total. The number of aryl methyl sites for hydroxylation is 1. The third-order valence-electron chi connectivity index (χ3n) is 3.72. The Bertz CT molecular complexity index is 851. The van der Waals surface area contributed by atoms with E-state index in [9.17, 15) is 4.79 Å². The van der Waals surface area contributed by atoms with Crippen LogP contribution in [0.1, 0.15) is 15.9 Å². The van der Waals surface area contributed by atoms with Gasteiger partial charge in [-0.25, -0.2) is 0 Å². The Morgan fingerprint density at radius 1 is 0.923 bits per heavy atom. The fourth-order valence-corrected chi connectivity index (χ4v) is 2.37. The van der Waals surface area contributed by atoms with E-state index in [1.54, 1.807) is 12.4 Å². The molecular formula is C19H20N6O. The molecule has 1 amide bonds. The molecule has 0 bridgehead atoms. The highest BCUT2D eigenvalue weighted by molar-refractivity contribution is 5.95. The van der Waals surface area contributed by atoms with E-state index >= 15 is 0 Å². The van der Waals surface area contributed by atoms with Crippen LogP contribution in [0.15, 0.2) is 60.9 Å². The van der Waals surface area contributed by atoms with Crippen molar-refractivity contribution in [3.05, 3.63) is 72.1 Å². The number of nitrogens with one attached hydrogen (secondary N) is 3. The third kappa shape index (κ3) is 4.76. The smallest absolute Gasteiger partial charge is 0.251 e. The fourth-order valence-electron chi connectivity index (χ4n) is 2.37. The largest absolute Gasteiger partial charge is 0.367 e. The molecule has 0 saturated heterocycles. The molecule has 3 rings (SSSR count). The van der Waals surface area contributed by atoms with Crippen LogP contribution in [0, 0.1) is 6.92 Å². The van der Waals surface area contributed by atoms with Crippen LogP contribution in [0.3, 0.4) is 0 Å². The molecule has 1 aromatic carbocycles. The number of carbonyl (C=O) groups excluding carboxylic acids is 1. The van der Waals surface area contributed by atoms with Gasteiger partial charge in [-0.2, -0.15) is 0 Å². The number of anilines is 3. The summed E-state index contributed by atoms with van der Waals surface area (Å²) in [5, 5.41) is 17.4. The van der Waals surface area contributed by atoms with E-state index in [-0.39, 0.29) is 5.91 Å². The Hall–Kier alpha value is -3.48. The number of pyridine rings is 1. The van der Waals surface area contributed by atoms with Crippen molar-refractivity contribution in [3.8, 4) is 0 Å². The number of rotatable bonds is 7. The fraction of sp³-hybridized carbons (Fsp3) is 0.158. The van der Waals surface area contributed by atoms with E-state index < -0.39 is 0 Å². The van der Waals surface area contributed by atoms with E-state index in [0.29, 0.717) is 30.3 Å². The van der Waals surface area contributed by atoms with Gasteiger partial charge in [0.25, 0.3) is 5.91 Å². The van der Waals surface area contributed by atoms with Gasteiger partial charge in [0, 0.05) is 36.7 Å². The summed E-state index contributed by atoms with van der Waals surface area (Å²) in [5.41, 5.74) is 2.55. The van der Waals surface area contributed by atoms with Gasteiger partial charge in [0.05, 0.1) is 0 Å². The molecule has 0 aliphatic carbocycles. The number of amides is 1. The maximum Gasteiger partial charge on any atom is 0.251 e. The minimum atomic E-state index is -0.0760. The van der Waals surface area contributed by atoms with Crippen molar-refractivity contribution in [2.75, 3.05) is 23.7 Å². The maximum absolute atomic E-state index is 12.1. The normalized spacial score (nSPS) is 10.2. The molecule has 3 aromatic rings. The first-order valence-electron chi connectivity index (χ1n) is 8.31. The van der Waals surface area contributed by atoms with Crippen molar-refractivity contribution in [2.24, 2.45) is 0 Å². The van der Waals surface area contributed by atoms with Gasteiger partial charge < -0.3 is 16.0 Å². The molecule has 132 valence electrons. The summed E-state index contributed by atoms with van der Waals surface area (Å²) in [6.45, 7) is 2.97. The molecule has 0 aliphatic heterocycles. The van der Waals surface area contributed by atoms with Gasteiger partial charge in [0.2, 0.25) is 0 Å². The van der Waals surface area contributed by atoms with Crippen LogP contribution >= 0.6 is 0 Å². The zero-order chi connectivity index (χ0) is 18.2. The Balaban J connectivity index is 1.44. The van der Waals surface area contributed by atoms with Crippen molar-refractivity contribution in [2.45, 2.75) is 6.92 Å². The van der Waals surface area contributed by atoms with Gasteiger partial charge in [-0.1, -0.05) is 18.2 Å². The highest BCUT2D eigenvalue weighted by Crippen LogP contribution is 2.13. The van der Waals surface area contributed by atoms with Gasteiger partial charge in [-0.3, -0.25) is 9.78 Å². The lowest BCUT2D eigenvalue weighted by molar-refractivity contribution is 0.0954. The first-order valence-corrected chi connectivity index (χ1v) is 8.31. The predicted octanol–water partition coefficient (Wildman–Crippen LogP) is 2.77. The summed E-state index contributed by atoms with van der Waals surface area (Å²) in [4.78, 5) is 16.1. The monoisotopic (exact) mass is 348 g/mol. The second kappa shape index (κ2) is 8.57. The van der Waals surface area contributed by atoms with E-state index in [4.69, 9.17) is 0 Å². The van der Waals surface area contributed by atoms with Crippen LogP contribution in [0.2, 0.25) is 0 Å². The lowest BCUT2D eigenvalue weighted by Crippen LogP contribution is -2.29. The molecule has 0 atom stereocenters. The van der Waals surface area contributed by atoms with Crippen LogP contribution < -0.4 is 16.0 Å². The van der Waals surface area contributed by atoms with Gasteiger partial charge in [0.1, 0.15) is 5.82 Å². The summed E-state index contributed by atoms with van der Waals surface area (Å²) in [6, 6.07) is 14.9. The SMILES string of the molecule is Cc1ccccc1C(=O)NCCNc1ccc(Nc2ccncc2)nn1. The summed E-state index contributed by atoms with van der Waals surface area (Å²) in [5.74, 6) is 1.22. The molecule has 0 radical (unpaired) electrons. The number of aromatic nitrogens is 3. The van der Waals surface area contributed by atoms with Crippen molar-refractivity contribution in [3.63, 3.8) is 0 Å². The van der Waals surface area contributed by atoms with Crippen molar-refractivity contribution in [1.29, 1.82) is 0 Å². The second-order valence-electron chi connectivity index (χ2n) is 5.66. The van der Waals surface area contributed by atoms with E-state index in [1.807, 2.05) is 55.5 Å². The zero-order valence-corrected chi connectivity index (χ0v) is 14.4. The predicted molar refractivity (Wildman–Crippen MR) is 102 cm³/mol. The van der Waals surface area contributed by atoms with Crippen LogP contribution in [0.4, 0.5) is 17.3 Å². The average Bonchev–Trinajstić information content (AvgIpc) is 2.67. The molecule has 2 heterocycles. The van der Waals surface area contributed by atoms with Crippen molar-refractivity contribution < 1.29 is 4.79 Å². The lowest BCUT2D eigenvalue weighted by Gasteiger charge is -2.09. The minimum Gasteiger partial charge on any atom is -0.367 e. The van der Waals surface area contributed by atoms with Crippen LogP contribution in [-0.4, -0.2) is 34.2 Å². The molecule has 2 aromatic heterocycles. The average molecular weight is 348 g/mol. The Morgan fingerprint density at radius 2 is 1.65 bits per heavy atom. The second-order valence-corrected chi connectivity index (χ2v) is 5.66. The molecule has 0 fully saturated rings. The standard InChI is InChI=1S/C19H20N6O/c1-14-4-2-3-5-16(14)19(26)22-13-12-21-17-6-7-18(25-24-17)23-15-8-10-20-11-9-15/h2-11H,12-13H2,1H3,(H,21,24)(H,22,26)(H,20,23,25). The first kappa shape index (κ1) is 17.3. The zero-order valence-electron chi connectivity index (χ0n) is 14.4. The van der Waals surface area contributed by atoms with Crippen LogP contribution in [-0.2, 0) is 0 Å². The number of benzene rings is 1. The number of hydrogen-bond donors (Lipinski definition) is 3. The van der Waals surface area contributed by atoms with Gasteiger partial charge >= 0.3 is 0 Å². The van der Waals surface area contributed by atoms with Crippen LogP contribution in [0.25, 0.3) is 0 Å². The summed E-state index contributed by atoms with van der Waals surface area (Å²) in [6.07, 6.45) is 3.41. The van der Waals surface area contributed by atoms with E-state index in [0.717, 1.165) is 11.3 Å². The minimum absolute atomic E-state index is 0.0760. The number of hydrogen-bond acceptors (Lipinski definition) is 6. The Labute approximate surface area is 151 Å². The highest BCUT2D eigenvalue weighted by Gasteiger charge is 2.06. The molecule has 26 heavy (non-hydrogen) atoms. The third-order valence-corrected chi connectivity index (χ3v) is 3.72. The van der Waals surface area contributed by atoms with Crippen LogP contribution in [0.5, 0.6) is 0 Å². The first-order chi connectivity index (χ1) is 12.7. The topological polar surface area (TPSA) is 91.8 Å². The quantitative estimate of drug-likeness (QED) is 0.569. The highest BCUT2D eigenvalue weighted by atomic mass is 16.1. The lowest BCUT2D eigenvalue weighted by atomic mass is 10.1. The molecule has 0 unspecified atom stereocenters. The van der Waals surface area contributed by atoms with E-state index in [2.05, 4.69) is 31.1 Å². The van der Waals surface area contributed by atoms with Gasteiger partial charge in [0.15, 0.2) is 5.82 Å². The van der Waals surface area contributed by atoms with Crippen molar-refractivity contribution in [1.82, 2.24) is 20.5 Å². The van der Waals surface area contributed by atoms with Crippen molar-refractivity contribution >= 4 is 23.2 Å². The molecule has 0 aliphatic rings. The number of carbonyl (C=O) groups is 1. The summed E-state index contributed by atoms with van der Waals surface area (Å²) < 4.78 is 0. The maximum atomic E-state index is 12.1. The number of nitrogens with zero attached hydrogens (tertiary/aromatic N) is 3. The molecule has 0 saturated carbocycles. The van der Waals surface area contributed by atoms with Gasteiger partial charge in [-0.05, 0) is 42.8 Å². The Morgan fingerprint density at radius 3 is 2.38 bits per heavy atom.